The predicted molar refractivity (Wildman–Crippen MR) is 77.2 cm³/mol. The summed E-state index contributed by atoms with van der Waals surface area (Å²) in [7, 11) is -4.63. The first kappa shape index (κ1) is 17.2. The number of sulfone groups is 1. The van der Waals surface area contributed by atoms with Crippen LogP contribution in [0.2, 0.25) is 0 Å². The zero-order chi connectivity index (χ0) is 15.3. The molecule has 1 N–H and O–H groups in total. The van der Waals surface area contributed by atoms with Crippen LogP contribution in [-0.4, -0.2) is 26.1 Å². The molecule has 0 heterocycles. The lowest BCUT2D eigenvalue weighted by Gasteiger charge is -2.21. The van der Waals surface area contributed by atoms with Crippen molar-refractivity contribution >= 4 is 27.1 Å². The lowest BCUT2D eigenvalue weighted by Crippen LogP contribution is -2.25. The van der Waals surface area contributed by atoms with Crippen LogP contribution in [0.4, 0.5) is 14.5 Å². The zero-order valence-corrected chi connectivity index (χ0v) is 12.9. The Balaban J connectivity index is 3.08. The third-order valence-electron chi connectivity index (χ3n) is 2.73. The van der Waals surface area contributed by atoms with Crippen molar-refractivity contribution in [2.24, 2.45) is 5.92 Å². The molecule has 0 saturated heterocycles. The SMILES string of the molecule is CC(C)CC(CCl)Nc1ccccc1S(=O)(=O)C(F)F. The Bertz CT molecular complexity index is 535. The topological polar surface area (TPSA) is 46.2 Å². The van der Waals surface area contributed by atoms with E-state index in [2.05, 4.69) is 5.32 Å². The molecule has 1 atom stereocenters. The summed E-state index contributed by atoms with van der Waals surface area (Å²) in [5.41, 5.74) is 0.166. The van der Waals surface area contributed by atoms with Crippen LogP contribution in [0.3, 0.4) is 0 Å². The molecule has 0 spiro atoms. The number of para-hydroxylation sites is 1. The van der Waals surface area contributed by atoms with Gasteiger partial charge in [-0.2, -0.15) is 8.78 Å². The van der Waals surface area contributed by atoms with E-state index in [9.17, 15) is 17.2 Å². The molecule has 0 fully saturated rings. The average Bonchev–Trinajstić information content (AvgIpc) is 2.37. The molecule has 0 aliphatic rings. The van der Waals surface area contributed by atoms with E-state index in [0.29, 0.717) is 12.3 Å². The second-order valence-corrected chi connectivity index (χ2v) is 7.12. The van der Waals surface area contributed by atoms with Gasteiger partial charge in [0.25, 0.3) is 0 Å². The fourth-order valence-corrected chi connectivity index (χ4v) is 2.98. The Kier molecular flexibility index (Phi) is 6.20. The maximum Gasteiger partial charge on any atom is 0.341 e. The lowest BCUT2D eigenvalue weighted by atomic mass is 10.0. The zero-order valence-electron chi connectivity index (χ0n) is 11.3. The number of rotatable bonds is 7. The van der Waals surface area contributed by atoms with E-state index in [4.69, 9.17) is 11.6 Å². The number of nitrogens with one attached hydrogen (secondary N) is 1. The monoisotopic (exact) mass is 325 g/mol. The number of benzene rings is 1. The van der Waals surface area contributed by atoms with E-state index in [0.717, 1.165) is 0 Å². The van der Waals surface area contributed by atoms with Gasteiger partial charge in [0.1, 0.15) is 0 Å². The van der Waals surface area contributed by atoms with Crippen LogP contribution >= 0.6 is 11.6 Å². The van der Waals surface area contributed by atoms with E-state index in [-0.39, 0.29) is 17.6 Å². The van der Waals surface area contributed by atoms with Crippen LogP contribution in [0, 0.1) is 5.92 Å². The minimum Gasteiger partial charge on any atom is -0.380 e. The molecule has 1 unspecified atom stereocenters. The van der Waals surface area contributed by atoms with E-state index < -0.39 is 20.5 Å². The van der Waals surface area contributed by atoms with E-state index in [1.165, 1.54) is 18.2 Å². The highest BCUT2D eigenvalue weighted by molar-refractivity contribution is 7.91. The summed E-state index contributed by atoms with van der Waals surface area (Å²) < 4.78 is 48.6. The Morgan fingerprint density at radius 3 is 2.35 bits per heavy atom. The average molecular weight is 326 g/mol. The summed E-state index contributed by atoms with van der Waals surface area (Å²) in [6.45, 7) is 4.01. The highest BCUT2D eigenvalue weighted by Gasteiger charge is 2.29. The number of anilines is 1. The molecule has 1 rings (SSSR count). The van der Waals surface area contributed by atoms with Gasteiger partial charge in [0.2, 0.25) is 9.84 Å². The summed E-state index contributed by atoms with van der Waals surface area (Å²) >= 11 is 5.83. The molecular weight excluding hydrogens is 308 g/mol. The second-order valence-electron chi connectivity index (χ2n) is 4.93. The summed E-state index contributed by atoms with van der Waals surface area (Å²) in [6.07, 6.45) is 0.715. The number of hydrogen-bond donors (Lipinski definition) is 1. The highest BCUT2D eigenvalue weighted by Crippen LogP contribution is 2.27. The van der Waals surface area contributed by atoms with Gasteiger partial charge in [0.05, 0.1) is 10.6 Å². The first-order chi connectivity index (χ1) is 9.28. The fraction of sp³-hybridized carbons (Fsp3) is 0.538. The van der Waals surface area contributed by atoms with E-state index in [1.807, 2.05) is 13.8 Å². The number of hydrogen-bond acceptors (Lipinski definition) is 3. The standard InChI is InChI=1S/C13H18ClF2NO2S/c1-9(2)7-10(8-14)17-11-5-3-4-6-12(11)20(18,19)13(15)16/h3-6,9-10,13,17H,7-8H2,1-2H3. The third kappa shape index (κ3) is 4.31. The first-order valence-corrected chi connectivity index (χ1v) is 8.30. The Morgan fingerprint density at radius 2 is 1.85 bits per heavy atom. The van der Waals surface area contributed by atoms with Gasteiger partial charge in [0.15, 0.2) is 0 Å². The van der Waals surface area contributed by atoms with Crippen molar-refractivity contribution in [3.05, 3.63) is 24.3 Å². The van der Waals surface area contributed by atoms with Crippen LogP contribution in [0.5, 0.6) is 0 Å². The lowest BCUT2D eigenvalue weighted by molar-refractivity contribution is 0.235. The third-order valence-corrected chi connectivity index (χ3v) is 4.54. The summed E-state index contributed by atoms with van der Waals surface area (Å²) in [5, 5.41) is 2.95. The van der Waals surface area contributed by atoms with Gasteiger partial charge in [-0.15, -0.1) is 11.6 Å². The van der Waals surface area contributed by atoms with Crippen LogP contribution in [0.1, 0.15) is 20.3 Å². The van der Waals surface area contributed by atoms with Gasteiger partial charge >= 0.3 is 5.76 Å². The van der Waals surface area contributed by atoms with Crippen molar-refractivity contribution in [1.82, 2.24) is 0 Å². The predicted octanol–water partition coefficient (Wildman–Crippen LogP) is 3.75. The first-order valence-electron chi connectivity index (χ1n) is 6.22. The Labute approximate surface area is 123 Å². The van der Waals surface area contributed by atoms with Crippen molar-refractivity contribution < 1.29 is 17.2 Å². The van der Waals surface area contributed by atoms with Crippen LogP contribution in [0.25, 0.3) is 0 Å². The molecule has 0 saturated carbocycles. The normalized spacial score (nSPS) is 13.8. The fourth-order valence-electron chi connectivity index (χ4n) is 1.88. The number of halogens is 3. The molecule has 1 aromatic rings. The molecule has 0 amide bonds. The smallest absolute Gasteiger partial charge is 0.341 e. The quantitative estimate of drug-likeness (QED) is 0.777. The van der Waals surface area contributed by atoms with Crippen molar-refractivity contribution in [1.29, 1.82) is 0 Å². The minimum atomic E-state index is -4.63. The van der Waals surface area contributed by atoms with Crippen molar-refractivity contribution in [3.8, 4) is 0 Å². The molecular formula is C13H18ClF2NO2S. The molecule has 0 aromatic heterocycles. The van der Waals surface area contributed by atoms with Gasteiger partial charge in [-0.1, -0.05) is 26.0 Å². The van der Waals surface area contributed by atoms with Gasteiger partial charge in [-0.25, -0.2) is 8.42 Å². The molecule has 1 aromatic carbocycles. The molecule has 0 aliphatic heterocycles. The largest absolute Gasteiger partial charge is 0.380 e. The molecule has 0 aliphatic carbocycles. The van der Waals surface area contributed by atoms with Crippen LogP contribution in [0.15, 0.2) is 29.2 Å². The number of alkyl halides is 3. The molecule has 0 bridgehead atoms. The molecule has 114 valence electrons. The molecule has 20 heavy (non-hydrogen) atoms. The summed E-state index contributed by atoms with van der Waals surface area (Å²) in [6, 6.07) is 5.47. The van der Waals surface area contributed by atoms with Crippen LogP contribution in [-0.2, 0) is 9.84 Å². The highest BCUT2D eigenvalue weighted by atomic mass is 35.5. The summed E-state index contributed by atoms with van der Waals surface area (Å²) in [5.74, 6) is -2.82. The van der Waals surface area contributed by atoms with Crippen LogP contribution < -0.4 is 5.32 Å². The molecule has 0 radical (unpaired) electrons. The van der Waals surface area contributed by atoms with Crippen molar-refractivity contribution in [3.63, 3.8) is 0 Å². The minimum absolute atomic E-state index is 0.166. The van der Waals surface area contributed by atoms with E-state index >= 15 is 0 Å². The molecule has 3 nitrogen and oxygen atoms in total. The van der Waals surface area contributed by atoms with Gasteiger partial charge in [0, 0.05) is 11.9 Å². The van der Waals surface area contributed by atoms with Gasteiger partial charge < -0.3 is 5.32 Å². The van der Waals surface area contributed by atoms with Gasteiger partial charge in [-0.05, 0) is 24.5 Å². The van der Waals surface area contributed by atoms with E-state index in [1.54, 1.807) is 6.07 Å². The van der Waals surface area contributed by atoms with Crippen molar-refractivity contribution in [2.45, 2.75) is 37.0 Å². The Morgan fingerprint density at radius 1 is 1.25 bits per heavy atom. The Hall–Kier alpha value is -0.880. The maximum absolute atomic E-state index is 12.7. The summed E-state index contributed by atoms with van der Waals surface area (Å²) in [4.78, 5) is -0.395. The van der Waals surface area contributed by atoms with Crippen molar-refractivity contribution in [2.75, 3.05) is 11.2 Å². The van der Waals surface area contributed by atoms with Gasteiger partial charge in [-0.3, -0.25) is 0 Å². The second kappa shape index (κ2) is 7.22. The maximum atomic E-state index is 12.7. The molecule has 7 heteroatoms.